The molecule has 1 rings (SSSR count). The van der Waals surface area contributed by atoms with Gasteiger partial charge in [0.15, 0.2) is 18.1 Å². The Balaban J connectivity index is 2.60. The van der Waals surface area contributed by atoms with E-state index in [-0.39, 0.29) is 18.6 Å². The van der Waals surface area contributed by atoms with Crippen LogP contribution in [0.15, 0.2) is 18.2 Å². The number of methoxy groups -OCH3 is 1. The molecular formula is C16H25NO4. The van der Waals surface area contributed by atoms with Crippen molar-refractivity contribution in [2.75, 3.05) is 13.7 Å². The summed E-state index contributed by atoms with van der Waals surface area (Å²) in [4.78, 5) is 11.8. The number of aliphatic hydroxyl groups excluding tert-OH is 1. The maximum absolute atomic E-state index is 11.8. The van der Waals surface area contributed by atoms with Crippen molar-refractivity contribution in [1.29, 1.82) is 0 Å². The molecule has 0 saturated carbocycles. The smallest absolute Gasteiger partial charge is 0.258 e. The Labute approximate surface area is 126 Å². The zero-order chi connectivity index (χ0) is 15.8. The van der Waals surface area contributed by atoms with Gasteiger partial charge < -0.3 is 19.9 Å². The fourth-order valence-corrected chi connectivity index (χ4v) is 2.03. The summed E-state index contributed by atoms with van der Waals surface area (Å²) >= 11 is 0. The molecule has 0 aromatic heterocycles. The number of ether oxygens (including phenoxy) is 2. The van der Waals surface area contributed by atoms with Crippen molar-refractivity contribution in [2.24, 2.45) is 0 Å². The molecule has 0 saturated heterocycles. The van der Waals surface area contributed by atoms with Crippen molar-refractivity contribution in [1.82, 2.24) is 5.32 Å². The highest BCUT2D eigenvalue weighted by Gasteiger charge is 2.11. The van der Waals surface area contributed by atoms with Gasteiger partial charge in [-0.1, -0.05) is 19.4 Å². The number of benzene rings is 1. The molecule has 1 amide bonds. The summed E-state index contributed by atoms with van der Waals surface area (Å²) in [6.07, 6.45) is 1.39. The first kappa shape index (κ1) is 17.3. The minimum atomic E-state index is -0.578. The van der Waals surface area contributed by atoms with Crippen LogP contribution in [-0.2, 0) is 4.79 Å². The number of nitrogens with one attached hydrogen (secondary N) is 1. The second-order valence-corrected chi connectivity index (χ2v) is 5.13. The van der Waals surface area contributed by atoms with Crippen molar-refractivity contribution in [2.45, 2.75) is 45.8 Å². The molecule has 0 heterocycles. The van der Waals surface area contributed by atoms with Crippen LogP contribution in [0, 0.1) is 0 Å². The second kappa shape index (κ2) is 8.52. The van der Waals surface area contributed by atoms with E-state index in [9.17, 15) is 9.90 Å². The fraction of sp³-hybridized carbons (Fsp3) is 0.562. The molecule has 0 bridgehead atoms. The van der Waals surface area contributed by atoms with Crippen molar-refractivity contribution < 1.29 is 19.4 Å². The maximum atomic E-state index is 11.8. The summed E-state index contributed by atoms with van der Waals surface area (Å²) in [6, 6.07) is 5.30. The van der Waals surface area contributed by atoms with Crippen molar-refractivity contribution >= 4 is 5.91 Å². The van der Waals surface area contributed by atoms with Gasteiger partial charge in [-0.15, -0.1) is 0 Å². The van der Waals surface area contributed by atoms with Gasteiger partial charge in [-0.3, -0.25) is 4.79 Å². The maximum Gasteiger partial charge on any atom is 0.258 e. The third-order valence-electron chi connectivity index (χ3n) is 3.16. The minimum Gasteiger partial charge on any atom is -0.493 e. The first-order valence-corrected chi connectivity index (χ1v) is 7.26. The van der Waals surface area contributed by atoms with Crippen LogP contribution >= 0.6 is 0 Å². The van der Waals surface area contributed by atoms with Crippen LogP contribution in [-0.4, -0.2) is 30.8 Å². The van der Waals surface area contributed by atoms with E-state index in [0.29, 0.717) is 11.5 Å². The molecule has 1 aromatic carbocycles. The Kier molecular flexibility index (Phi) is 7.02. The molecule has 5 nitrogen and oxygen atoms in total. The minimum absolute atomic E-state index is 0.0571. The molecule has 2 N–H and O–H groups in total. The average Bonchev–Trinajstić information content (AvgIpc) is 2.44. The molecule has 0 aliphatic heterocycles. The Bertz CT molecular complexity index is 460. The van der Waals surface area contributed by atoms with Crippen LogP contribution < -0.4 is 14.8 Å². The lowest BCUT2D eigenvalue weighted by Crippen LogP contribution is -2.35. The predicted molar refractivity (Wildman–Crippen MR) is 81.6 cm³/mol. The summed E-state index contributed by atoms with van der Waals surface area (Å²) < 4.78 is 10.7. The van der Waals surface area contributed by atoms with Gasteiger partial charge in [-0.05, 0) is 38.0 Å². The largest absolute Gasteiger partial charge is 0.493 e. The second-order valence-electron chi connectivity index (χ2n) is 5.13. The van der Waals surface area contributed by atoms with E-state index in [1.807, 2.05) is 6.92 Å². The van der Waals surface area contributed by atoms with E-state index >= 15 is 0 Å². The third-order valence-corrected chi connectivity index (χ3v) is 3.16. The summed E-state index contributed by atoms with van der Waals surface area (Å²) in [5.74, 6) is 0.834. The lowest BCUT2D eigenvalue weighted by atomic mass is 10.1. The van der Waals surface area contributed by atoms with Crippen LogP contribution in [0.5, 0.6) is 11.5 Å². The summed E-state index contributed by atoms with van der Waals surface area (Å²) in [5, 5.41) is 12.4. The van der Waals surface area contributed by atoms with Gasteiger partial charge in [0, 0.05) is 6.04 Å². The molecule has 2 unspecified atom stereocenters. The molecule has 21 heavy (non-hydrogen) atoms. The van der Waals surface area contributed by atoms with Crippen LogP contribution in [0.3, 0.4) is 0 Å². The SMILES string of the molecule is CCCC(C)NC(=O)COc1ccc(C(C)O)cc1OC. The van der Waals surface area contributed by atoms with E-state index in [1.165, 1.54) is 7.11 Å². The number of hydrogen-bond donors (Lipinski definition) is 2. The van der Waals surface area contributed by atoms with Crippen molar-refractivity contribution in [3.8, 4) is 11.5 Å². The van der Waals surface area contributed by atoms with E-state index in [0.717, 1.165) is 18.4 Å². The normalized spacial score (nSPS) is 13.4. The van der Waals surface area contributed by atoms with Gasteiger partial charge >= 0.3 is 0 Å². The molecule has 0 aliphatic carbocycles. The van der Waals surface area contributed by atoms with Crippen LogP contribution in [0.1, 0.15) is 45.3 Å². The topological polar surface area (TPSA) is 67.8 Å². The number of carbonyl (C=O) groups is 1. The van der Waals surface area contributed by atoms with Crippen molar-refractivity contribution in [3.05, 3.63) is 23.8 Å². The molecule has 118 valence electrons. The van der Waals surface area contributed by atoms with Crippen LogP contribution in [0.25, 0.3) is 0 Å². The van der Waals surface area contributed by atoms with Gasteiger partial charge in [0.25, 0.3) is 5.91 Å². The average molecular weight is 295 g/mol. The predicted octanol–water partition coefficient (Wildman–Crippen LogP) is 2.43. The number of hydrogen-bond acceptors (Lipinski definition) is 4. The van der Waals surface area contributed by atoms with E-state index in [1.54, 1.807) is 25.1 Å². The Morgan fingerprint density at radius 3 is 2.62 bits per heavy atom. The number of rotatable bonds is 8. The Morgan fingerprint density at radius 2 is 2.05 bits per heavy atom. The summed E-state index contributed by atoms with van der Waals surface area (Å²) in [7, 11) is 1.53. The van der Waals surface area contributed by atoms with Gasteiger partial charge in [-0.25, -0.2) is 0 Å². The lowest BCUT2D eigenvalue weighted by Gasteiger charge is -2.15. The highest BCUT2D eigenvalue weighted by molar-refractivity contribution is 5.77. The first-order valence-electron chi connectivity index (χ1n) is 7.26. The highest BCUT2D eigenvalue weighted by Crippen LogP contribution is 2.30. The highest BCUT2D eigenvalue weighted by atomic mass is 16.5. The molecule has 1 aromatic rings. The Hall–Kier alpha value is -1.75. The zero-order valence-corrected chi connectivity index (χ0v) is 13.2. The number of amides is 1. The molecular weight excluding hydrogens is 270 g/mol. The summed E-state index contributed by atoms with van der Waals surface area (Å²) in [6.45, 7) is 5.67. The van der Waals surface area contributed by atoms with Gasteiger partial charge in [0.1, 0.15) is 0 Å². The zero-order valence-electron chi connectivity index (χ0n) is 13.2. The van der Waals surface area contributed by atoms with E-state index < -0.39 is 6.10 Å². The standard InChI is InChI=1S/C16H25NO4/c1-5-6-11(2)17-16(19)10-21-14-8-7-13(12(3)18)9-15(14)20-4/h7-9,11-12,18H,5-6,10H2,1-4H3,(H,17,19). The number of carbonyl (C=O) groups excluding carboxylic acids is 1. The molecule has 5 heteroatoms. The van der Waals surface area contributed by atoms with Gasteiger partial charge in [-0.2, -0.15) is 0 Å². The lowest BCUT2D eigenvalue weighted by molar-refractivity contribution is -0.123. The fourth-order valence-electron chi connectivity index (χ4n) is 2.03. The van der Waals surface area contributed by atoms with Crippen LogP contribution in [0.4, 0.5) is 0 Å². The van der Waals surface area contributed by atoms with E-state index in [4.69, 9.17) is 9.47 Å². The molecule has 0 fully saturated rings. The van der Waals surface area contributed by atoms with Gasteiger partial charge in [0.2, 0.25) is 0 Å². The van der Waals surface area contributed by atoms with E-state index in [2.05, 4.69) is 12.2 Å². The third kappa shape index (κ3) is 5.63. The molecule has 0 radical (unpaired) electrons. The molecule has 2 atom stereocenters. The van der Waals surface area contributed by atoms with Gasteiger partial charge in [0.05, 0.1) is 13.2 Å². The van der Waals surface area contributed by atoms with Crippen LogP contribution in [0.2, 0.25) is 0 Å². The molecule has 0 aliphatic rings. The quantitative estimate of drug-likeness (QED) is 0.773. The van der Waals surface area contributed by atoms with Crippen molar-refractivity contribution in [3.63, 3.8) is 0 Å². The Morgan fingerprint density at radius 1 is 1.33 bits per heavy atom. The number of aliphatic hydroxyl groups is 1. The monoisotopic (exact) mass is 295 g/mol. The summed E-state index contributed by atoms with van der Waals surface area (Å²) in [5.41, 5.74) is 0.736. The first-order chi connectivity index (χ1) is 9.97. The molecule has 0 spiro atoms.